The van der Waals surface area contributed by atoms with E-state index in [9.17, 15) is 0 Å². The van der Waals surface area contributed by atoms with Gasteiger partial charge >= 0.3 is 0 Å². The van der Waals surface area contributed by atoms with E-state index in [1.807, 2.05) is 12.1 Å². The number of H-pyrrole nitrogens is 1. The van der Waals surface area contributed by atoms with Crippen LogP contribution in [0.1, 0.15) is 5.56 Å². The maximum atomic E-state index is 6.14. The molecular weight excluding hydrogens is 375 g/mol. The molecule has 0 saturated heterocycles. The number of aromatic amines is 1. The maximum absolute atomic E-state index is 6.14. The van der Waals surface area contributed by atoms with Gasteiger partial charge < -0.3 is 0 Å². The minimum Gasteiger partial charge on any atom is -0.250 e. The first kappa shape index (κ1) is 16.2. The highest BCUT2D eigenvalue weighted by atomic mass is 35.5. The summed E-state index contributed by atoms with van der Waals surface area (Å²) >= 11 is 23.5. The van der Waals surface area contributed by atoms with Crippen LogP contribution in [0.25, 0.3) is 11.4 Å². The van der Waals surface area contributed by atoms with Crippen molar-refractivity contribution in [3.05, 3.63) is 67.9 Å². The average Bonchev–Trinajstić information content (AvgIpc) is 2.88. The van der Waals surface area contributed by atoms with Crippen molar-refractivity contribution < 1.29 is 0 Å². The normalized spacial score (nSPS) is 11.3. The van der Waals surface area contributed by atoms with Crippen molar-refractivity contribution >= 4 is 53.2 Å². The van der Waals surface area contributed by atoms with Crippen LogP contribution < -0.4 is 0 Å². The van der Waals surface area contributed by atoms with E-state index in [1.54, 1.807) is 36.5 Å². The Kier molecular flexibility index (Phi) is 4.82. The monoisotopic (exact) mass is 382 g/mol. The van der Waals surface area contributed by atoms with E-state index < -0.39 is 0 Å². The molecule has 23 heavy (non-hydrogen) atoms. The van der Waals surface area contributed by atoms with Crippen molar-refractivity contribution in [1.82, 2.24) is 14.9 Å². The summed E-state index contributed by atoms with van der Waals surface area (Å²) in [6.45, 7) is 0. The quantitative estimate of drug-likeness (QED) is 0.483. The summed E-state index contributed by atoms with van der Waals surface area (Å²) in [5, 5.41) is 12.9. The van der Waals surface area contributed by atoms with E-state index in [-0.39, 0.29) is 0 Å². The third-order valence-electron chi connectivity index (χ3n) is 3.04. The molecule has 4 nitrogen and oxygen atoms in total. The Hall–Kier alpha value is -1.66. The summed E-state index contributed by atoms with van der Waals surface area (Å²) in [6.07, 6.45) is 1.55. The molecule has 0 aliphatic heterocycles. The lowest BCUT2D eigenvalue weighted by Gasteiger charge is -2.03. The van der Waals surface area contributed by atoms with Gasteiger partial charge in [0.05, 0.1) is 16.3 Å². The van der Waals surface area contributed by atoms with Crippen LogP contribution in [0, 0.1) is 4.77 Å². The standard InChI is InChI=1S/C15H9Cl3N4S/c16-10-4-1-3-9(7-10)14-20-21-15(23)22(14)19-8-11-12(17)5-2-6-13(11)18/h1-8H,(H,21,23)/b19-8+. The van der Waals surface area contributed by atoms with E-state index in [0.29, 0.717) is 31.2 Å². The molecule has 3 aromatic rings. The molecule has 1 aromatic heterocycles. The number of nitrogens with zero attached hydrogens (tertiary/aromatic N) is 3. The molecule has 1 N–H and O–H groups in total. The largest absolute Gasteiger partial charge is 0.250 e. The molecule has 3 rings (SSSR count). The van der Waals surface area contributed by atoms with Crippen LogP contribution in [0.3, 0.4) is 0 Å². The minimum absolute atomic E-state index is 0.347. The molecule has 0 unspecified atom stereocenters. The number of halogens is 3. The second kappa shape index (κ2) is 6.84. The number of aromatic nitrogens is 3. The van der Waals surface area contributed by atoms with Gasteiger partial charge in [-0.1, -0.05) is 53.0 Å². The Morgan fingerprint density at radius 2 is 1.78 bits per heavy atom. The molecule has 0 aliphatic rings. The predicted octanol–water partition coefficient (Wildman–Crippen LogP) is 5.45. The lowest BCUT2D eigenvalue weighted by Crippen LogP contribution is -1.96. The number of hydrogen-bond donors (Lipinski definition) is 1. The van der Waals surface area contributed by atoms with Crippen molar-refractivity contribution in [1.29, 1.82) is 0 Å². The topological polar surface area (TPSA) is 46.0 Å². The summed E-state index contributed by atoms with van der Waals surface area (Å²) in [5.41, 5.74) is 1.39. The Bertz CT molecular complexity index is 926. The Labute approximate surface area is 152 Å². The highest BCUT2D eigenvalue weighted by Gasteiger charge is 2.09. The van der Waals surface area contributed by atoms with E-state index in [2.05, 4.69) is 15.3 Å². The van der Waals surface area contributed by atoms with Crippen LogP contribution in [0.4, 0.5) is 0 Å². The van der Waals surface area contributed by atoms with Crippen molar-refractivity contribution in [3.63, 3.8) is 0 Å². The second-order valence-electron chi connectivity index (χ2n) is 4.55. The van der Waals surface area contributed by atoms with Crippen LogP contribution in [-0.4, -0.2) is 21.1 Å². The van der Waals surface area contributed by atoms with Gasteiger partial charge in [0.25, 0.3) is 0 Å². The number of rotatable bonds is 3. The zero-order chi connectivity index (χ0) is 16.4. The molecule has 2 aromatic carbocycles. The van der Waals surface area contributed by atoms with Crippen LogP contribution in [-0.2, 0) is 0 Å². The number of nitrogens with one attached hydrogen (secondary N) is 1. The van der Waals surface area contributed by atoms with Crippen molar-refractivity contribution in [2.24, 2.45) is 5.10 Å². The van der Waals surface area contributed by atoms with Crippen LogP contribution >= 0.6 is 47.0 Å². The second-order valence-corrected chi connectivity index (χ2v) is 6.19. The Morgan fingerprint density at radius 1 is 1.09 bits per heavy atom. The molecule has 8 heteroatoms. The van der Waals surface area contributed by atoms with Crippen LogP contribution in [0.2, 0.25) is 15.1 Å². The molecule has 0 atom stereocenters. The smallest absolute Gasteiger partial charge is 0.216 e. The summed E-state index contributed by atoms with van der Waals surface area (Å²) in [6, 6.07) is 12.5. The fraction of sp³-hybridized carbons (Fsp3) is 0. The first-order valence-corrected chi connectivity index (χ1v) is 8.02. The minimum atomic E-state index is 0.347. The lowest BCUT2D eigenvalue weighted by molar-refractivity contribution is 0.871. The molecule has 0 amide bonds. The molecule has 0 aliphatic carbocycles. The third-order valence-corrected chi connectivity index (χ3v) is 4.19. The van der Waals surface area contributed by atoms with E-state index in [4.69, 9.17) is 47.0 Å². The molecule has 0 bridgehead atoms. The predicted molar refractivity (Wildman–Crippen MR) is 97.3 cm³/mol. The van der Waals surface area contributed by atoms with Crippen molar-refractivity contribution in [2.45, 2.75) is 0 Å². The molecule has 0 spiro atoms. The molecule has 1 heterocycles. The molecule has 0 saturated carbocycles. The molecule has 0 fully saturated rings. The first-order chi connectivity index (χ1) is 11.1. The zero-order valence-electron chi connectivity index (χ0n) is 11.5. The first-order valence-electron chi connectivity index (χ1n) is 6.48. The lowest BCUT2D eigenvalue weighted by atomic mass is 10.2. The van der Waals surface area contributed by atoms with Gasteiger partial charge in [-0.05, 0) is 36.5 Å². The van der Waals surface area contributed by atoms with Gasteiger partial charge in [-0.15, -0.1) is 0 Å². The SMILES string of the molecule is S=c1[nH]nc(-c2cccc(Cl)c2)n1/N=C/c1c(Cl)cccc1Cl. The number of benzene rings is 2. The van der Waals surface area contributed by atoms with Crippen molar-refractivity contribution in [3.8, 4) is 11.4 Å². The van der Waals surface area contributed by atoms with E-state index in [1.165, 1.54) is 4.68 Å². The zero-order valence-corrected chi connectivity index (χ0v) is 14.6. The van der Waals surface area contributed by atoms with Gasteiger partial charge in [-0.3, -0.25) is 0 Å². The van der Waals surface area contributed by atoms with Crippen molar-refractivity contribution in [2.75, 3.05) is 0 Å². The average molecular weight is 384 g/mol. The van der Waals surface area contributed by atoms with Gasteiger partial charge in [-0.2, -0.15) is 14.9 Å². The van der Waals surface area contributed by atoms with Gasteiger partial charge in [-0.25, -0.2) is 5.10 Å². The summed E-state index contributed by atoms with van der Waals surface area (Å²) in [4.78, 5) is 0. The van der Waals surface area contributed by atoms with Gasteiger partial charge in [0.2, 0.25) is 4.77 Å². The summed E-state index contributed by atoms with van der Waals surface area (Å²) in [7, 11) is 0. The van der Waals surface area contributed by atoms with Crippen LogP contribution in [0.5, 0.6) is 0 Å². The van der Waals surface area contributed by atoms with E-state index in [0.717, 1.165) is 5.56 Å². The third kappa shape index (κ3) is 3.48. The van der Waals surface area contributed by atoms with Gasteiger partial charge in [0.1, 0.15) is 0 Å². The Balaban J connectivity index is 2.06. The van der Waals surface area contributed by atoms with Gasteiger partial charge in [0, 0.05) is 16.1 Å². The molecular formula is C15H9Cl3N4S. The maximum Gasteiger partial charge on any atom is 0.216 e. The molecule has 0 radical (unpaired) electrons. The van der Waals surface area contributed by atoms with Gasteiger partial charge in [0.15, 0.2) is 5.82 Å². The Morgan fingerprint density at radius 3 is 2.48 bits per heavy atom. The fourth-order valence-electron chi connectivity index (χ4n) is 1.96. The van der Waals surface area contributed by atoms with Crippen LogP contribution in [0.15, 0.2) is 47.6 Å². The fourth-order valence-corrected chi connectivity index (χ4v) is 2.83. The number of hydrogen-bond acceptors (Lipinski definition) is 3. The summed E-state index contributed by atoms with van der Waals surface area (Å²) < 4.78 is 1.83. The van der Waals surface area contributed by atoms with E-state index >= 15 is 0 Å². The molecule has 116 valence electrons. The summed E-state index contributed by atoms with van der Waals surface area (Å²) in [5.74, 6) is 0.539. The highest BCUT2D eigenvalue weighted by molar-refractivity contribution is 7.71. The highest BCUT2D eigenvalue weighted by Crippen LogP contribution is 2.24.